The second-order valence-electron chi connectivity index (χ2n) is 7.28. The van der Waals surface area contributed by atoms with Gasteiger partial charge in [-0.05, 0) is 53.9 Å². The molecule has 142 valence electrons. The summed E-state index contributed by atoms with van der Waals surface area (Å²) >= 11 is 0. The van der Waals surface area contributed by atoms with Gasteiger partial charge in [-0.3, -0.25) is 14.4 Å². The highest BCUT2D eigenvalue weighted by atomic mass is 16.2. The van der Waals surface area contributed by atoms with E-state index in [1.165, 1.54) is 11.1 Å². The van der Waals surface area contributed by atoms with Gasteiger partial charge in [-0.2, -0.15) is 0 Å². The minimum Gasteiger partial charge on any atom is -0.334 e. The van der Waals surface area contributed by atoms with Crippen molar-refractivity contribution < 1.29 is 14.4 Å². The molecule has 0 bridgehead atoms. The zero-order valence-corrected chi connectivity index (χ0v) is 15.7. The average molecular weight is 382 g/mol. The molecular formula is C24H18N2O3. The fourth-order valence-electron chi connectivity index (χ4n) is 4.03. The Morgan fingerprint density at radius 1 is 0.724 bits per heavy atom. The van der Waals surface area contributed by atoms with E-state index in [-0.39, 0.29) is 17.7 Å². The summed E-state index contributed by atoms with van der Waals surface area (Å²) in [5, 5.41) is 0. The molecule has 3 aromatic carbocycles. The van der Waals surface area contributed by atoms with Crippen molar-refractivity contribution in [3.05, 3.63) is 101 Å². The second-order valence-corrected chi connectivity index (χ2v) is 7.28. The van der Waals surface area contributed by atoms with Crippen LogP contribution in [0.2, 0.25) is 0 Å². The van der Waals surface area contributed by atoms with Gasteiger partial charge in [0.05, 0.1) is 16.8 Å². The Kier molecular flexibility index (Phi) is 4.02. The predicted molar refractivity (Wildman–Crippen MR) is 109 cm³/mol. The van der Waals surface area contributed by atoms with Crippen LogP contribution in [-0.4, -0.2) is 29.2 Å². The lowest BCUT2D eigenvalue weighted by molar-refractivity contribution is 0.0734. The first-order chi connectivity index (χ1) is 14.1. The molecule has 5 nitrogen and oxygen atoms in total. The summed E-state index contributed by atoms with van der Waals surface area (Å²) in [6, 6.07) is 21.6. The van der Waals surface area contributed by atoms with Crippen LogP contribution in [0.3, 0.4) is 0 Å². The molecular weight excluding hydrogens is 364 g/mol. The normalized spacial score (nSPS) is 15.3. The maximum absolute atomic E-state index is 12.9. The van der Waals surface area contributed by atoms with Crippen molar-refractivity contribution in [2.24, 2.45) is 0 Å². The van der Waals surface area contributed by atoms with Crippen LogP contribution < -0.4 is 4.90 Å². The van der Waals surface area contributed by atoms with E-state index >= 15 is 0 Å². The second kappa shape index (κ2) is 6.71. The monoisotopic (exact) mass is 382 g/mol. The first-order valence-electron chi connectivity index (χ1n) is 9.57. The molecule has 0 saturated heterocycles. The minimum atomic E-state index is -0.336. The largest absolute Gasteiger partial charge is 0.334 e. The number of imide groups is 1. The van der Waals surface area contributed by atoms with E-state index in [0.29, 0.717) is 35.5 Å². The summed E-state index contributed by atoms with van der Waals surface area (Å²) in [4.78, 5) is 41.2. The van der Waals surface area contributed by atoms with Gasteiger partial charge in [-0.15, -0.1) is 0 Å². The van der Waals surface area contributed by atoms with Crippen LogP contribution in [0.4, 0.5) is 5.69 Å². The molecule has 0 aromatic heterocycles. The number of anilines is 1. The van der Waals surface area contributed by atoms with E-state index < -0.39 is 0 Å². The van der Waals surface area contributed by atoms with E-state index in [1.54, 1.807) is 48.5 Å². The van der Waals surface area contributed by atoms with Crippen molar-refractivity contribution in [1.29, 1.82) is 0 Å². The summed E-state index contributed by atoms with van der Waals surface area (Å²) in [6.45, 7) is 1.27. The number of carbonyl (C=O) groups is 3. The predicted octanol–water partition coefficient (Wildman–Crippen LogP) is 3.69. The van der Waals surface area contributed by atoms with Crippen LogP contribution >= 0.6 is 0 Å². The quantitative estimate of drug-likeness (QED) is 0.635. The molecule has 0 aliphatic carbocycles. The van der Waals surface area contributed by atoms with E-state index in [1.807, 2.05) is 17.0 Å². The van der Waals surface area contributed by atoms with Gasteiger partial charge in [-0.1, -0.05) is 36.4 Å². The highest BCUT2D eigenvalue weighted by Gasteiger charge is 2.36. The smallest absolute Gasteiger partial charge is 0.266 e. The maximum Gasteiger partial charge on any atom is 0.266 e. The molecule has 0 unspecified atom stereocenters. The molecule has 0 atom stereocenters. The Bertz CT molecular complexity index is 1120. The Labute approximate surface area is 168 Å². The van der Waals surface area contributed by atoms with Crippen molar-refractivity contribution >= 4 is 23.4 Å². The van der Waals surface area contributed by atoms with Crippen molar-refractivity contribution in [3.63, 3.8) is 0 Å². The van der Waals surface area contributed by atoms with Crippen molar-refractivity contribution in [3.8, 4) is 0 Å². The lowest BCUT2D eigenvalue weighted by Gasteiger charge is -2.29. The standard InChI is InChI=1S/C24H18N2O3/c27-22(25-14-13-16-5-1-2-6-18(16)15-25)17-9-11-19(12-10-17)26-23(28)20-7-3-4-8-21(20)24(26)29/h1-12H,13-15H2. The van der Waals surface area contributed by atoms with Crippen molar-refractivity contribution in [1.82, 2.24) is 4.90 Å². The molecule has 29 heavy (non-hydrogen) atoms. The first kappa shape index (κ1) is 17.4. The summed E-state index contributed by atoms with van der Waals surface area (Å²) in [6.07, 6.45) is 0.842. The molecule has 0 saturated carbocycles. The van der Waals surface area contributed by atoms with Gasteiger partial charge in [0.1, 0.15) is 0 Å². The molecule has 0 N–H and O–H groups in total. The molecule has 0 radical (unpaired) electrons. The van der Waals surface area contributed by atoms with Crippen LogP contribution in [0.25, 0.3) is 0 Å². The lowest BCUT2D eigenvalue weighted by atomic mass is 9.99. The van der Waals surface area contributed by atoms with Crippen LogP contribution in [-0.2, 0) is 13.0 Å². The summed E-state index contributed by atoms with van der Waals surface area (Å²) in [5.74, 6) is -0.719. The number of nitrogens with zero attached hydrogens (tertiary/aromatic N) is 2. The van der Waals surface area contributed by atoms with Crippen molar-refractivity contribution in [2.45, 2.75) is 13.0 Å². The average Bonchev–Trinajstić information content (AvgIpc) is 3.03. The number of benzene rings is 3. The number of hydrogen-bond acceptors (Lipinski definition) is 3. The fraction of sp³-hybridized carbons (Fsp3) is 0.125. The third-order valence-corrected chi connectivity index (χ3v) is 5.58. The van der Waals surface area contributed by atoms with E-state index in [9.17, 15) is 14.4 Å². The van der Waals surface area contributed by atoms with Gasteiger partial charge in [0.15, 0.2) is 0 Å². The zero-order chi connectivity index (χ0) is 20.0. The molecule has 5 rings (SSSR count). The Hall–Kier alpha value is -3.73. The highest BCUT2D eigenvalue weighted by Crippen LogP contribution is 2.29. The number of hydrogen-bond donors (Lipinski definition) is 0. The first-order valence-corrected chi connectivity index (χ1v) is 9.57. The van der Waals surface area contributed by atoms with E-state index in [0.717, 1.165) is 11.3 Å². The Balaban J connectivity index is 1.37. The number of amides is 3. The number of fused-ring (bicyclic) bond motifs is 2. The Morgan fingerprint density at radius 2 is 1.31 bits per heavy atom. The van der Waals surface area contributed by atoms with E-state index in [2.05, 4.69) is 12.1 Å². The van der Waals surface area contributed by atoms with Crippen molar-refractivity contribution in [2.75, 3.05) is 11.4 Å². The number of rotatable bonds is 2. The molecule has 3 amide bonds. The van der Waals surface area contributed by atoms with Gasteiger partial charge in [0, 0.05) is 18.7 Å². The summed E-state index contributed by atoms with van der Waals surface area (Å²) in [7, 11) is 0. The molecule has 0 fully saturated rings. The molecule has 0 spiro atoms. The summed E-state index contributed by atoms with van der Waals surface area (Å²) < 4.78 is 0. The fourth-order valence-corrected chi connectivity index (χ4v) is 4.03. The maximum atomic E-state index is 12.9. The third kappa shape index (κ3) is 2.83. The van der Waals surface area contributed by atoms with Gasteiger partial charge in [0.25, 0.3) is 17.7 Å². The van der Waals surface area contributed by atoms with Gasteiger partial charge in [-0.25, -0.2) is 4.90 Å². The van der Waals surface area contributed by atoms with Gasteiger partial charge >= 0.3 is 0 Å². The molecule has 3 aromatic rings. The Morgan fingerprint density at radius 3 is 1.97 bits per heavy atom. The molecule has 2 aliphatic rings. The van der Waals surface area contributed by atoms with Crippen LogP contribution in [0, 0.1) is 0 Å². The van der Waals surface area contributed by atoms with Crippen LogP contribution in [0.5, 0.6) is 0 Å². The highest BCUT2D eigenvalue weighted by molar-refractivity contribution is 6.34. The van der Waals surface area contributed by atoms with Crippen LogP contribution in [0.15, 0.2) is 72.8 Å². The van der Waals surface area contributed by atoms with Gasteiger partial charge < -0.3 is 4.90 Å². The third-order valence-electron chi connectivity index (χ3n) is 5.58. The minimum absolute atomic E-state index is 0.0478. The molecule has 5 heteroatoms. The zero-order valence-electron chi connectivity index (χ0n) is 15.7. The lowest BCUT2D eigenvalue weighted by Crippen LogP contribution is -2.36. The van der Waals surface area contributed by atoms with E-state index in [4.69, 9.17) is 0 Å². The van der Waals surface area contributed by atoms with Gasteiger partial charge in [0.2, 0.25) is 0 Å². The number of carbonyl (C=O) groups excluding carboxylic acids is 3. The van der Waals surface area contributed by atoms with Crippen LogP contribution in [0.1, 0.15) is 42.2 Å². The SMILES string of the molecule is O=C(c1ccc(N2C(=O)c3ccccc3C2=O)cc1)N1CCc2ccccc2C1. The summed E-state index contributed by atoms with van der Waals surface area (Å²) in [5.41, 5.74) is 4.29. The molecule has 2 aliphatic heterocycles. The topological polar surface area (TPSA) is 57.7 Å². The molecule has 2 heterocycles.